The summed E-state index contributed by atoms with van der Waals surface area (Å²) in [5.41, 5.74) is 6.37. The van der Waals surface area contributed by atoms with Crippen LogP contribution in [0.15, 0.2) is 56.5 Å². The van der Waals surface area contributed by atoms with Crippen molar-refractivity contribution in [3.05, 3.63) is 73.4 Å². The maximum atomic E-state index is 12.2. The van der Waals surface area contributed by atoms with Crippen molar-refractivity contribution in [2.45, 2.75) is 13.8 Å². The Morgan fingerprint density at radius 2 is 1.84 bits per heavy atom. The summed E-state index contributed by atoms with van der Waals surface area (Å²) in [6.07, 6.45) is 1.46. The molecule has 0 aliphatic carbocycles. The van der Waals surface area contributed by atoms with Gasteiger partial charge in [0, 0.05) is 51.3 Å². The molecule has 2 aromatic heterocycles. The first-order valence-electron chi connectivity index (χ1n) is 7.49. The minimum Gasteiger partial charge on any atom is -0.448 e. The van der Waals surface area contributed by atoms with Crippen LogP contribution in [0.25, 0.3) is 5.69 Å². The van der Waals surface area contributed by atoms with Crippen LogP contribution in [0.1, 0.15) is 27.5 Å². The smallest absolute Gasteiger partial charge is 0.271 e. The molecule has 0 aliphatic rings. The van der Waals surface area contributed by atoms with Gasteiger partial charge in [-0.3, -0.25) is 4.79 Å². The molecule has 0 radical (unpaired) electrons. The zero-order valence-corrected chi connectivity index (χ0v) is 17.3. The summed E-state index contributed by atoms with van der Waals surface area (Å²) >= 11 is 5.42. The molecule has 1 aromatic carbocycles. The summed E-state index contributed by atoms with van der Waals surface area (Å²) in [6, 6.07) is 13.3. The highest BCUT2D eigenvalue weighted by molar-refractivity contribution is 14.1. The normalized spacial score (nSPS) is 11.2. The minimum atomic E-state index is -0.274. The molecule has 0 aliphatic heterocycles. The molecular weight excluding hydrogens is 497 g/mol. The van der Waals surface area contributed by atoms with Crippen molar-refractivity contribution < 1.29 is 9.21 Å². The number of aromatic nitrogens is 1. The summed E-state index contributed by atoms with van der Waals surface area (Å²) in [5.74, 6) is 0.287. The van der Waals surface area contributed by atoms with Gasteiger partial charge in [0.1, 0.15) is 5.76 Å². The summed E-state index contributed by atoms with van der Waals surface area (Å²) in [5, 5.41) is 3.93. The number of benzene rings is 1. The lowest BCUT2D eigenvalue weighted by molar-refractivity contribution is 0.0955. The maximum absolute atomic E-state index is 12.2. The van der Waals surface area contributed by atoms with E-state index in [0.29, 0.717) is 11.3 Å². The van der Waals surface area contributed by atoms with E-state index in [-0.39, 0.29) is 5.91 Å². The lowest BCUT2D eigenvalue weighted by Crippen LogP contribution is -2.17. The van der Waals surface area contributed by atoms with Crippen LogP contribution in [0, 0.1) is 17.6 Å². The largest absolute Gasteiger partial charge is 0.448 e. The van der Waals surface area contributed by atoms with Crippen molar-refractivity contribution in [2.75, 3.05) is 0 Å². The molecule has 1 amide bonds. The number of nitrogens with zero attached hydrogens (tertiary/aromatic N) is 2. The Morgan fingerprint density at radius 1 is 1.20 bits per heavy atom. The summed E-state index contributed by atoms with van der Waals surface area (Å²) in [6.45, 7) is 4.10. The summed E-state index contributed by atoms with van der Waals surface area (Å²) in [7, 11) is 0. The van der Waals surface area contributed by atoms with E-state index < -0.39 is 0 Å². The van der Waals surface area contributed by atoms with Gasteiger partial charge in [0.2, 0.25) is 0 Å². The van der Waals surface area contributed by atoms with Crippen LogP contribution in [-0.2, 0) is 0 Å². The molecule has 0 bridgehead atoms. The van der Waals surface area contributed by atoms with Crippen LogP contribution in [0.3, 0.4) is 0 Å². The average Bonchev–Trinajstić information content (AvgIpc) is 3.09. The van der Waals surface area contributed by atoms with Gasteiger partial charge in [-0.25, -0.2) is 5.43 Å². The summed E-state index contributed by atoms with van der Waals surface area (Å²) in [4.78, 5) is 12.2. The third-order valence-corrected chi connectivity index (χ3v) is 5.81. The van der Waals surface area contributed by atoms with Gasteiger partial charge < -0.3 is 8.98 Å². The van der Waals surface area contributed by atoms with Crippen molar-refractivity contribution in [3.63, 3.8) is 0 Å². The highest BCUT2D eigenvalue weighted by Crippen LogP contribution is 2.22. The van der Waals surface area contributed by atoms with Gasteiger partial charge in [-0.15, -0.1) is 0 Å². The Balaban J connectivity index is 1.68. The second-order valence-electron chi connectivity index (χ2n) is 5.47. The zero-order valence-electron chi connectivity index (χ0n) is 13.6. The standard InChI is InChI=1S/C18H15BrIN3O2/c1-11-3-4-12(2)23(11)14-7-5-13(6-8-14)18(24)22-21-10-15-9-16(19)17(20)25-15/h3-10H,1-2H3,(H,22,24)/b21-10-. The van der Waals surface area contributed by atoms with Crippen molar-refractivity contribution in [3.8, 4) is 5.69 Å². The number of furan rings is 1. The van der Waals surface area contributed by atoms with Crippen LogP contribution in [-0.4, -0.2) is 16.7 Å². The molecule has 0 atom stereocenters. The van der Waals surface area contributed by atoms with Gasteiger partial charge in [-0.05, 0) is 66.2 Å². The van der Waals surface area contributed by atoms with E-state index in [1.807, 2.05) is 12.1 Å². The third-order valence-electron chi connectivity index (χ3n) is 3.68. The molecule has 7 heteroatoms. The van der Waals surface area contributed by atoms with Crippen molar-refractivity contribution in [2.24, 2.45) is 5.10 Å². The van der Waals surface area contributed by atoms with Gasteiger partial charge in [-0.2, -0.15) is 5.10 Å². The first-order chi connectivity index (χ1) is 12.0. The maximum Gasteiger partial charge on any atom is 0.271 e. The van der Waals surface area contributed by atoms with Crippen LogP contribution in [0.5, 0.6) is 0 Å². The Morgan fingerprint density at radius 3 is 2.40 bits per heavy atom. The Bertz CT molecular complexity index is 903. The van der Waals surface area contributed by atoms with Crippen molar-refractivity contribution in [1.29, 1.82) is 0 Å². The Kier molecular flexibility index (Phi) is 5.43. The second-order valence-corrected chi connectivity index (χ2v) is 7.30. The number of amides is 1. The monoisotopic (exact) mass is 511 g/mol. The number of aryl methyl sites for hydroxylation is 2. The van der Waals surface area contributed by atoms with E-state index in [1.165, 1.54) is 6.21 Å². The van der Waals surface area contributed by atoms with Crippen LogP contribution >= 0.6 is 38.5 Å². The van der Waals surface area contributed by atoms with Gasteiger partial charge in [0.05, 0.1) is 10.7 Å². The van der Waals surface area contributed by atoms with Crippen molar-refractivity contribution in [1.82, 2.24) is 9.99 Å². The Hall–Kier alpha value is -1.87. The number of carbonyl (C=O) groups excluding carboxylic acids is 1. The number of hydrogen-bond acceptors (Lipinski definition) is 3. The van der Waals surface area contributed by atoms with Crippen LogP contribution in [0.4, 0.5) is 0 Å². The number of hydrogen-bond donors (Lipinski definition) is 1. The molecule has 3 rings (SSSR count). The first kappa shape index (κ1) is 17.9. The van der Waals surface area contributed by atoms with Crippen LogP contribution < -0.4 is 5.43 Å². The van der Waals surface area contributed by atoms with E-state index in [4.69, 9.17) is 4.42 Å². The number of rotatable bonds is 4. The molecule has 25 heavy (non-hydrogen) atoms. The predicted octanol–water partition coefficient (Wildman–Crippen LogP) is 4.82. The van der Waals surface area contributed by atoms with Gasteiger partial charge in [0.25, 0.3) is 5.91 Å². The molecule has 0 fully saturated rings. The van der Waals surface area contributed by atoms with Crippen molar-refractivity contribution >= 4 is 50.6 Å². The van der Waals surface area contributed by atoms with E-state index in [1.54, 1.807) is 18.2 Å². The highest BCUT2D eigenvalue weighted by atomic mass is 127. The number of carbonyl (C=O) groups is 1. The Labute approximate surface area is 167 Å². The molecule has 0 unspecified atom stereocenters. The minimum absolute atomic E-state index is 0.274. The second kappa shape index (κ2) is 7.57. The fourth-order valence-corrected chi connectivity index (χ4v) is 3.20. The molecule has 0 saturated heterocycles. The summed E-state index contributed by atoms with van der Waals surface area (Å²) < 4.78 is 9.14. The zero-order chi connectivity index (χ0) is 18.0. The van der Waals surface area contributed by atoms with E-state index in [9.17, 15) is 4.79 Å². The molecule has 0 saturated carbocycles. The quantitative estimate of drug-likeness (QED) is 0.310. The van der Waals surface area contributed by atoms with Gasteiger partial charge >= 0.3 is 0 Å². The molecule has 2 heterocycles. The highest BCUT2D eigenvalue weighted by Gasteiger charge is 2.08. The number of halogens is 2. The molecule has 0 spiro atoms. The molecule has 1 N–H and O–H groups in total. The number of hydrazone groups is 1. The fourth-order valence-electron chi connectivity index (χ4n) is 2.48. The predicted molar refractivity (Wildman–Crippen MR) is 109 cm³/mol. The average molecular weight is 512 g/mol. The molecule has 5 nitrogen and oxygen atoms in total. The molecule has 3 aromatic rings. The van der Waals surface area contributed by atoms with E-state index >= 15 is 0 Å². The molecule has 128 valence electrons. The fraction of sp³-hybridized carbons (Fsp3) is 0.111. The van der Waals surface area contributed by atoms with Gasteiger partial charge in [-0.1, -0.05) is 0 Å². The van der Waals surface area contributed by atoms with E-state index in [0.717, 1.165) is 25.3 Å². The van der Waals surface area contributed by atoms with E-state index in [2.05, 4.69) is 79.6 Å². The van der Waals surface area contributed by atoms with Gasteiger partial charge in [0.15, 0.2) is 3.77 Å². The first-order valence-corrected chi connectivity index (χ1v) is 9.36. The third kappa shape index (κ3) is 4.04. The lowest BCUT2D eigenvalue weighted by Gasteiger charge is -2.09. The van der Waals surface area contributed by atoms with Crippen LogP contribution in [0.2, 0.25) is 0 Å². The molecular formula is C18H15BrIN3O2. The SMILES string of the molecule is Cc1ccc(C)n1-c1ccc(C(=O)N/N=C\c2cc(Br)c(I)o2)cc1. The topological polar surface area (TPSA) is 59.5 Å². The number of nitrogens with one attached hydrogen (secondary N) is 1. The lowest BCUT2D eigenvalue weighted by atomic mass is 10.2.